The van der Waals surface area contributed by atoms with Gasteiger partial charge in [-0.15, -0.1) is 0 Å². The summed E-state index contributed by atoms with van der Waals surface area (Å²) in [7, 11) is 3.54. The first-order chi connectivity index (χ1) is 22.1. The molecule has 0 unspecified atom stereocenters. The van der Waals surface area contributed by atoms with Gasteiger partial charge in [-0.05, 0) is 74.3 Å². The fourth-order valence-electron chi connectivity index (χ4n) is 5.97. The van der Waals surface area contributed by atoms with Crippen LogP contribution in [-0.2, 0) is 22.4 Å². The molecule has 1 amide bonds. The minimum atomic E-state index is -0.950. The number of carbonyl (C=O) groups is 3. The van der Waals surface area contributed by atoms with Crippen molar-refractivity contribution in [3.05, 3.63) is 89.9 Å². The van der Waals surface area contributed by atoms with E-state index in [2.05, 4.69) is 9.88 Å². The smallest absolute Gasteiger partial charge is 0.415 e. The molecule has 1 saturated heterocycles. The number of carbonyl (C=O) groups excluding carboxylic acids is 3. The van der Waals surface area contributed by atoms with Crippen LogP contribution in [0.1, 0.15) is 30.9 Å². The number of halogens is 1. The third-order valence-corrected chi connectivity index (χ3v) is 8.86. The highest BCUT2D eigenvalue weighted by molar-refractivity contribution is 6.11. The third kappa shape index (κ3) is 6.57. The summed E-state index contributed by atoms with van der Waals surface area (Å²) < 4.78 is 30.8. The van der Waals surface area contributed by atoms with E-state index in [1.807, 2.05) is 26.1 Å². The maximum absolute atomic E-state index is 13.2. The average Bonchev–Trinajstić information content (AvgIpc) is 3.85. The van der Waals surface area contributed by atoms with Crippen molar-refractivity contribution < 1.29 is 33.0 Å². The lowest BCUT2D eigenvalue weighted by Gasteiger charge is -2.37. The molecule has 2 heterocycles. The number of pyridine rings is 1. The standard InChI is InChI=1S/C36H36FN3O6/c1-23-22-39(2)16-17-40(23)35(43)46-32-21-29-28(20-31(32)44-3)30(12-15-38-29)45-27-10-6-25(7-11-27)19-34(42)36(13-14-36)33(41)18-24-4-8-26(37)9-5-24/h4-12,15,20-21,23H,13-14,16-19,22H2,1-3H3/t23-/m1/s1. The molecule has 1 aliphatic heterocycles. The lowest BCUT2D eigenvalue weighted by molar-refractivity contribution is -0.133. The SMILES string of the molecule is COc1cc2c(Oc3ccc(CC(=O)C4(C(=O)Cc5ccc(F)cc5)CC4)cc3)ccnc2cc1OC(=O)N1CCN(C)C[C@H]1C. The predicted octanol–water partition coefficient (Wildman–Crippen LogP) is 6.01. The Morgan fingerprint density at radius 3 is 2.15 bits per heavy atom. The number of nitrogens with zero attached hydrogens (tertiary/aromatic N) is 3. The normalized spacial score (nSPS) is 17.4. The number of likely N-dealkylation sites (N-methyl/N-ethyl adjacent to an activating group) is 1. The van der Waals surface area contributed by atoms with Gasteiger partial charge in [-0.3, -0.25) is 14.6 Å². The van der Waals surface area contributed by atoms with Crippen LogP contribution in [0.3, 0.4) is 0 Å². The van der Waals surface area contributed by atoms with Crippen molar-refractivity contribution in [2.24, 2.45) is 5.41 Å². The molecule has 0 spiro atoms. The van der Waals surface area contributed by atoms with Crippen LogP contribution in [0.25, 0.3) is 10.9 Å². The Hall–Kier alpha value is -4.83. The number of ether oxygens (including phenoxy) is 3. The number of rotatable bonds is 10. The number of Topliss-reactive ketones (excluding diaryl/α,β-unsaturated/α-hetero) is 2. The second kappa shape index (κ2) is 12.9. The maximum atomic E-state index is 13.2. The van der Waals surface area contributed by atoms with Crippen LogP contribution in [0.4, 0.5) is 9.18 Å². The lowest BCUT2D eigenvalue weighted by atomic mass is 9.88. The van der Waals surface area contributed by atoms with Crippen LogP contribution < -0.4 is 14.2 Å². The van der Waals surface area contributed by atoms with Gasteiger partial charge in [0.1, 0.15) is 17.3 Å². The molecule has 9 nitrogen and oxygen atoms in total. The molecule has 46 heavy (non-hydrogen) atoms. The minimum Gasteiger partial charge on any atom is -0.493 e. The zero-order valence-corrected chi connectivity index (χ0v) is 26.1. The van der Waals surface area contributed by atoms with Crippen LogP contribution >= 0.6 is 0 Å². The molecule has 1 aliphatic carbocycles. The molecular weight excluding hydrogens is 589 g/mol. The second-order valence-electron chi connectivity index (χ2n) is 12.2. The van der Waals surface area contributed by atoms with E-state index in [-0.39, 0.29) is 42.0 Å². The van der Waals surface area contributed by atoms with Crippen LogP contribution in [0.2, 0.25) is 0 Å². The van der Waals surface area contributed by atoms with E-state index in [1.165, 1.54) is 19.2 Å². The molecule has 238 valence electrons. The summed E-state index contributed by atoms with van der Waals surface area (Å²) in [5, 5.41) is 0.668. The fraction of sp³-hybridized carbons (Fsp3) is 0.333. The van der Waals surface area contributed by atoms with E-state index in [1.54, 1.807) is 53.6 Å². The van der Waals surface area contributed by atoms with E-state index in [9.17, 15) is 18.8 Å². The number of hydrogen-bond acceptors (Lipinski definition) is 8. The Labute approximate surface area is 266 Å². The number of piperazine rings is 1. The largest absolute Gasteiger partial charge is 0.493 e. The molecule has 0 radical (unpaired) electrons. The van der Waals surface area contributed by atoms with Crippen LogP contribution in [0.5, 0.6) is 23.0 Å². The summed E-state index contributed by atoms with van der Waals surface area (Å²) in [6, 6.07) is 18.1. The van der Waals surface area contributed by atoms with Gasteiger partial charge in [0, 0.05) is 56.2 Å². The number of methoxy groups -OCH3 is 1. The molecule has 4 aromatic rings. The zero-order chi connectivity index (χ0) is 32.4. The quantitative estimate of drug-likeness (QED) is 0.198. The van der Waals surface area contributed by atoms with E-state index in [0.717, 1.165) is 18.7 Å². The van der Waals surface area contributed by atoms with Gasteiger partial charge >= 0.3 is 6.09 Å². The Morgan fingerprint density at radius 1 is 0.891 bits per heavy atom. The number of aromatic nitrogens is 1. The van der Waals surface area contributed by atoms with Gasteiger partial charge in [0.25, 0.3) is 0 Å². The Kier molecular flexibility index (Phi) is 8.73. The van der Waals surface area contributed by atoms with Crippen molar-refractivity contribution >= 4 is 28.6 Å². The second-order valence-corrected chi connectivity index (χ2v) is 12.2. The number of ketones is 2. The van der Waals surface area contributed by atoms with Crippen molar-refractivity contribution in [1.82, 2.24) is 14.8 Å². The molecule has 0 N–H and O–H groups in total. The molecule has 0 bridgehead atoms. The van der Waals surface area contributed by atoms with Gasteiger partial charge in [-0.25, -0.2) is 9.18 Å². The fourth-order valence-corrected chi connectivity index (χ4v) is 5.97. The highest BCUT2D eigenvalue weighted by atomic mass is 19.1. The Morgan fingerprint density at radius 2 is 1.54 bits per heavy atom. The molecule has 10 heteroatoms. The van der Waals surface area contributed by atoms with Crippen LogP contribution in [0, 0.1) is 11.2 Å². The molecule has 1 aromatic heterocycles. The average molecular weight is 626 g/mol. The Bertz CT molecular complexity index is 1770. The molecule has 1 atom stereocenters. The van der Waals surface area contributed by atoms with Crippen molar-refractivity contribution in [2.45, 2.75) is 38.6 Å². The van der Waals surface area contributed by atoms with Gasteiger partial charge in [-0.2, -0.15) is 0 Å². The van der Waals surface area contributed by atoms with Gasteiger partial charge < -0.3 is 24.0 Å². The Balaban J connectivity index is 1.12. The van der Waals surface area contributed by atoms with Crippen molar-refractivity contribution in [2.75, 3.05) is 33.8 Å². The molecule has 2 aliphatic rings. The predicted molar refractivity (Wildman–Crippen MR) is 170 cm³/mol. The monoisotopic (exact) mass is 625 g/mol. The zero-order valence-electron chi connectivity index (χ0n) is 26.1. The maximum Gasteiger partial charge on any atom is 0.415 e. The molecule has 1 saturated carbocycles. The number of fused-ring (bicyclic) bond motifs is 1. The van der Waals surface area contributed by atoms with Crippen LogP contribution in [-0.4, -0.2) is 72.3 Å². The minimum absolute atomic E-state index is 0.0190. The topological polar surface area (TPSA) is 98.3 Å². The summed E-state index contributed by atoms with van der Waals surface area (Å²) in [6.45, 7) is 4.11. The van der Waals surface area contributed by atoms with E-state index in [0.29, 0.717) is 53.1 Å². The summed E-state index contributed by atoms with van der Waals surface area (Å²) in [6.07, 6.45) is 2.52. The molecule has 2 fully saturated rings. The van der Waals surface area contributed by atoms with Gasteiger partial charge in [0.15, 0.2) is 23.1 Å². The highest BCUT2D eigenvalue weighted by Gasteiger charge is 2.54. The highest BCUT2D eigenvalue weighted by Crippen LogP contribution is 2.49. The van der Waals surface area contributed by atoms with Gasteiger partial charge in [0.2, 0.25) is 0 Å². The molecular formula is C36H36FN3O6. The molecule has 3 aromatic carbocycles. The van der Waals surface area contributed by atoms with Crippen LogP contribution in [0.15, 0.2) is 72.9 Å². The lowest BCUT2D eigenvalue weighted by Crippen LogP contribution is -2.53. The third-order valence-electron chi connectivity index (χ3n) is 8.86. The summed E-state index contributed by atoms with van der Waals surface area (Å²) >= 11 is 0. The van der Waals surface area contributed by atoms with Crippen molar-refractivity contribution in [3.8, 4) is 23.0 Å². The van der Waals surface area contributed by atoms with Gasteiger partial charge in [0.05, 0.1) is 18.0 Å². The number of amides is 1. The number of benzene rings is 3. The van der Waals surface area contributed by atoms with E-state index >= 15 is 0 Å². The first-order valence-electron chi connectivity index (χ1n) is 15.4. The number of hydrogen-bond donors (Lipinski definition) is 0. The molecule has 6 rings (SSSR count). The van der Waals surface area contributed by atoms with E-state index in [4.69, 9.17) is 14.2 Å². The summed E-state index contributed by atoms with van der Waals surface area (Å²) in [4.78, 5) is 47.6. The van der Waals surface area contributed by atoms with Crippen molar-refractivity contribution in [1.29, 1.82) is 0 Å². The summed E-state index contributed by atoms with van der Waals surface area (Å²) in [5.41, 5.74) is 1.09. The van der Waals surface area contributed by atoms with E-state index < -0.39 is 11.5 Å². The first-order valence-corrected chi connectivity index (χ1v) is 15.4. The van der Waals surface area contributed by atoms with Gasteiger partial charge in [-0.1, -0.05) is 24.3 Å². The summed E-state index contributed by atoms with van der Waals surface area (Å²) in [5.74, 6) is 1.15. The first kappa shape index (κ1) is 31.2. The van der Waals surface area contributed by atoms with Crippen molar-refractivity contribution in [3.63, 3.8) is 0 Å².